The maximum absolute atomic E-state index is 12.3. The van der Waals surface area contributed by atoms with Gasteiger partial charge in [-0.1, -0.05) is 29.3 Å². The lowest BCUT2D eigenvalue weighted by molar-refractivity contribution is -0.116. The first kappa shape index (κ1) is 16.6. The number of hydrogen-bond donors (Lipinski definition) is 1. The second kappa shape index (κ2) is 6.67. The molecular formula is C18H14Cl2N2O2. The van der Waals surface area contributed by atoms with Gasteiger partial charge in [0, 0.05) is 33.4 Å². The highest BCUT2D eigenvalue weighted by molar-refractivity contribution is 6.31. The molecule has 0 aliphatic carbocycles. The van der Waals surface area contributed by atoms with Crippen LogP contribution < -0.4 is 10.7 Å². The molecule has 0 aliphatic rings. The summed E-state index contributed by atoms with van der Waals surface area (Å²) in [4.78, 5) is 24.2. The number of fused-ring (bicyclic) bond motifs is 1. The molecule has 0 fully saturated rings. The fourth-order valence-electron chi connectivity index (χ4n) is 2.45. The zero-order valence-electron chi connectivity index (χ0n) is 12.8. The van der Waals surface area contributed by atoms with Crippen LogP contribution in [0.5, 0.6) is 0 Å². The predicted octanol–water partition coefficient (Wildman–Crippen LogP) is 4.26. The number of nitrogens with one attached hydrogen (secondary N) is 1. The van der Waals surface area contributed by atoms with E-state index in [1.54, 1.807) is 41.1 Å². The summed E-state index contributed by atoms with van der Waals surface area (Å²) in [5.41, 5.74) is 2.10. The number of aryl methyl sites for hydroxylation is 1. The molecule has 122 valence electrons. The van der Waals surface area contributed by atoms with Crippen molar-refractivity contribution in [1.82, 2.24) is 4.57 Å². The van der Waals surface area contributed by atoms with Crippen LogP contribution in [0.1, 0.15) is 5.56 Å². The number of amides is 1. The van der Waals surface area contributed by atoms with Crippen LogP contribution in [0.15, 0.2) is 53.5 Å². The summed E-state index contributed by atoms with van der Waals surface area (Å²) in [5.74, 6) is -0.213. The van der Waals surface area contributed by atoms with Crippen molar-refractivity contribution >= 4 is 45.7 Å². The highest BCUT2D eigenvalue weighted by atomic mass is 35.5. The van der Waals surface area contributed by atoms with Crippen LogP contribution in [0, 0.1) is 6.92 Å². The van der Waals surface area contributed by atoms with Crippen LogP contribution in [0.25, 0.3) is 10.9 Å². The van der Waals surface area contributed by atoms with E-state index in [0.717, 1.165) is 5.56 Å². The minimum Gasteiger partial charge on any atom is -0.338 e. The van der Waals surface area contributed by atoms with Gasteiger partial charge in [0.15, 0.2) is 5.43 Å². The zero-order valence-corrected chi connectivity index (χ0v) is 14.4. The van der Waals surface area contributed by atoms with E-state index in [-0.39, 0.29) is 17.9 Å². The average Bonchev–Trinajstić information content (AvgIpc) is 2.54. The maximum atomic E-state index is 12.3. The number of pyridine rings is 1. The molecule has 0 saturated carbocycles. The summed E-state index contributed by atoms with van der Waals surface area (Å²) >= 11 is 12.0. The van der Waals surface area contributed by atoms with Crippen LogP contribution in [0.2, 0.25) is 10.0 Å². The molecule has 1 amide bonds. The molecule has 1 N–H and O–H groups in total. The van der Waals surface area contributed by atoms with E-state index >= 15 is 0 Å². The lowest BCUT2D eigenvalue weighted by Crippen LogP contribution is -2.20. The molecule has 4 nitrogen and oxygen atoms in total. The minimum atomic E-state index is -0.213. The summed E-state index contributed by atoms with van der Waals surface area (Å²) in [6, 6.07) is 11.8. The number of hydrogen-bond acceptors (Lipinski definition) is 2. The van der Waals surface area contributed by atoms with Gasteiger partial charge in [0.25, 0.3) is 0 Å². The number of benzene rings is 2. The Bertz CT molecular complexity index is 996. The lowest BCUT2D eigenvalue weighted by Gasteiger charge is -2.12. The SMILES string of the molecule is Cc1ccc(NC(=O)Cn2ccc(=O)c3cc(Cl)ccc32)cc1Cl. The summed E-state index contributed by atoms with van der Waals surface area (Å²) in [5, 5.41) is 4.36. The Morgan fingerprint density at radius 3 is 2.67 bits per heavy atom. The summed E-state index contributed by atoms with van der Waals surface area (Å²) in [7, 11) is 0. The summed E-state index contributed by atoms with van der Waals surface area (Å²) in [6.45, 7) is 1.97. The molecule has 0 saturated heterocycles. The Balaban J connectivity index is 1.87. The van der Waals surface area contributed by atoms with Crippen LogP contribution >= 0.6 is 23.2 Å². The van der Waals surface area contributed by atoms with E-state index < -0.39 is 0 Å². The number of anilines is 1. The van der Waals surface area contributed by atoms with Gasteiger partial charge < -0.3 is 9.88 Å². The maximum Gasteiger partial charge on any atom is 0.244 e. The second-order valence-corrected chi connectivity index (χ2v) is 6.33. The molecule has 2 aromatic carbocycles. The monoisotopic (exact) mass is 360 g/mol. The third-order valence-electron chi connectivity index (χ3n) is 3.71. The largest absolute Gasteiger partial charge is 0.338 e. The van der Waals surface area contributed by atoms with Gasteiger partial charge in [-0.2, -0.15) is 0 Å². The van der Waals surface area contributed by atoms with E-state index in [4.69, 9.17) is 23.2 Å². The fourth-order valence-corrected chi connectivity index (χ4v) is 2.80. The van der Waals surface area contributed by atoms with E-state index in [1.165, 1.54) is 6.07 Å². The van der Waals surface area contributed by atoms with Crippen molar-refractivity contribution in [3.05, 3.63) is 74.5 Å². The summed E-state index contributed by atoms with van der Waals surface area (Å²) < 4.78 is 1.71. The molecule has 0 aliphatic heterocycles. The van der Waals surface area contributed by atoms with Crippen LogP contribution in [0.3, 0.4) is 0 Å². The van der Waals surface area contributed by atoms with Crippen molar-refractivity contribution in [2.45, 2.75) is 13.5 Å². The quantitative estimate of drug-likeness (QED) is 0.758. The molecule has 6 heteroatoms. The number of halogens is 2. The molecule has 24 heavy (non-hydrogen) atoms. The van der Waals surface area contributed by atoms with Gasteiger partial charge >= 0.3 is 0 Å². The van der Waals surface area contributed by atoms with Crippen molar-refractivity contribution in [3.63, 3.8) is 0 Å². The fraction of sp³-hybridized carbons (Fsp3) is 0.111. The Labute approximate surface area is 148 Å². The van der Waals surface area contributed by atoms with Gasteiger partial charge in [0.1, 0.15) is 6.54 Å². The van der Waals surface area contributed by atoms with Crippen LogP contribution in [-0.4, -0.2) is 10.5 Å². The van der Waals surface area contributed by atoms with Gasteiger partial charge in [-0.15, -0.1) is 0 Å². The number of aromatic nitrogens is 1. The molecule has 0 atom stereocenters. The normalized spacial score (nSPS) is 10.8. The van der Waals surface area contributed by atoms with Crippen molar-refractivity contribution in [2.75, 3.05) is 5.32 Å². The minimum absolute atomic E-state index is 0.0733. The first-order valence-electron chi connectivity index (χ1n) is 7.29. The second-order valence-electron chi connectivity index (χ2n) is 5.48. The predicted molar refractivity (Wildman–Crippen MR) is 98.0 cm³/mol. The first-order valence-corrected chi connectivity index (χ1v) is 8.04. The van der Waals surface area contributed by atoms with Gasteiger partial charge in [0.2, 0.25) is 5.91 Å². The van der Waals surface area contributed by atoms with Gasteiger partial charge in [-0.05, 0) is 42.8 Å². The number of nitrogens with zero attached hydrogens (tertiary/aromatic N) is 1. The molecule has 1 aromatic heterocycles. The molecule has 3 rings (SSSR count). The van der Waals surface area contributed by atoms with E-state index in [2.05, 4.69) is 5.32 Å². The Morgan fingerprint density at radius 1 is 1.12 bits per heavy atom. The molecule has 1 heterocycles. The Hall–Kier alpha value is -2.30. The van der Waals surface area contributed by atoms with E-state index in [0.29, 0.717) is 26.6 Å². The molecule has 0 spiro atoms. The smallest absolute Gasteiger partial charge is 0.244 e. The molecular weight excluding hydrogens is 347 g/mol. The number of carbonyl (C=O) groups excluding carboxylic acids is 1. The highest BCUT2D eigenvalue weighted by Crippen LogP contribution is 2.20. The topological polar surface area (TPSA) is 51.1 Å². The zero-order chi connectivity index (χ0) is 17.3. The molecule has 0 radical (unpaired) electrons. The lowest BCUT2D eigenvalue weighted by atomic mass is 10.2. The third-order valence-corrected chi connectivity index (χ3v) is 4.35. The standard InChI is InChI=1S/C18H14Cl2N2O2/c1-11-2-4-13(9-15(11)20)21-18(24)10-22-7-6-17(23)14-8-12(19)3-5-16(14)22/h2-9H,10H2,1H3,(H,21,24). The molecule has 0 unspecified atom stereocenters. The van der Waals surface area contributed by atoms with Crippen molar-refractivity contribution in [1.29, 1.82) is 0 Å². The van der Waals surface area contributed by atoms with Crippen molar-refractivity contribution in [2.24, 2.45) is 0 Å². The van der Waals surface area contributed by atoms with Gasteiger partial charge in [-0.25, -0.2) is 0 Å². The number of rotatable bonds is 3. The Kier molecular flexibility index (Phi) is 4.60. The Morgan fingerprint density at radius 2 is 1.92 bits per heavy atom. The first-order chi connectivity index (χ1) is 11.4. The van der Waals surface area contributed by atoms with E-state index in [9.17, 15) is 9.59 Å². The van der Waals surface area contributed by atoms with Crippen molar-refractivity contribution in [3.8, 4) is 0 Å². The highest BCUT2D eigenvalue weighted by Gasteiger charge is 2.08. The van der Waals surface area contributed by atoms with Crippen molar-refractivity contribution < 1.29 is 4.79 Å². The molecule has 3 aromatic rings. The number of carbonyl (C=O) groups is 1. The van der Waals surface area contributed by atoms with Crippen LogP contribution in [0.4, 0.5) is 5.69 Å². The average molecular weight is 361 g/mol. The van der Waals surface area contributed by atoms with Gasteiger partial charge in [-0.3, -0.25) is 9.59 Å². The van der Waals surface area contributed by atoms with Gasteiger partial charge in [0.05, 0.1) is 5.52 Å². The van der Waals surface area contributed by atoms with E-state index in [1.807, 2.05) is 13.0 Å². The molecule has 0 bridgehead atoms. The summed E-state index contributed by atoms with van der Waals surface area (Å²) in [6.07, 6.45) is 1.60. The third kappa shape index (κ3) is 3.45. The van der Waals surface area contributed by atoms with Crippen LogP contribution in [-0.2, 0) is 11.3 Å².